The van der Waals surface area contributed by atoms with Crippen LogP contribution in [0.25, 0.3) is 10.4 Å². The molecule has 2 atom stereocenters. The molecule has 41 heavy (non-hydrogen) atoms. The topological polar surface area (TPSA) is 97.8 Å². The highest BCUT2D eigenvalue weighted by molar-refractivity contribution is 7.15. The van der Waals surface area contributed by atoms with Gasteiger partial charge < -0.3 is 29.7 Å². The number of hydrogen-bond acceptors (Lipinski definition) is 9. The summed E-state index contributed by atoms with van der Waals surface area (Å²) in [7, 11) is 4.18. The lowest BCUT2D eigenvalue weighted by atomic mass is 10.0. The molecule has 2 saturated heterocycles. The zero-order valence-electron chi connectivity index (χ0n) is 24.7. The molecule has 5 rings (SSSR count). The van der Waals surface area contributed by atoms with Crippen molar-refractivity contribution in [2.45, 2.75) is 64.4 Å². The van der Waals surface area contributed by atoms with Crippen LogP contribution in [0.2, 0.25) is 0 Å². The smallest absolute Gasteiger partial charge is 0.226 e. The molecule has 0 spiro atoms. The standard InChI is InChI=1S/C31H41N5O4S/c1-20(25-11-12-26(41-25)23-10-7-6-9-22(23)18-36(4)5)32-29-28(30-39-14-8-15-40-30)24(33-21(2)34-29)17-27(37)35-31(3)13-16-38-19-31/h6-7,9-12,20,30H,8,13-19H2,1-5H3,(H,35,37)(H,32,33,34)/t20-,31?/m1/s1. The van der Waals surface area contributed by atoms with Gasteiger partial charge in [0.15, 0.2) is 6.29 Å². The number of ether oxygens (including phenoxy) is 3. The quantitative estimate of drug-likeness (QED) is 0.346. The Bertz CT molecular complexity index is 1350. The molecule has 0 saturated carbocycles. The Morgan fingerprint density at radius 2 is 1.93 bits per heavy atom. The maximum atomic E-state index is 13.2. The summed E-state index contributed by atoms with van der Waals surface area (Å²) in [4.78, 5) is 27.2. The molecule has 0 radical (unpaired) electrons. The molecular formula is C31H41N5O4S. The fourth-order valence-electron chi connectivity index (χ4n) is 5.33. The number of anilines is 1. The first-order valence-corrected chi connectivity index (χ1v) is 15.1. The van der Waals surface area contributed by atoms with Crippen LogP contribution in [0.3, 0.4) is 0 Å². The third kappa shape index (κ3) is 7.31. The van der Waals surface area contributed by atoms with Crippen LogP contribution in [0.5, 0.6) is 0 Å². The molecule has 2 fully saturated rings. The number of rotatable bonds is 10. The summed E-state index contributed by atoms with van der Waals surface area (Å²) >= 11 is 1.77. The van der Waals surface area contributed by atoms with Crippen LogP contribution >= 0.6 is 11.3 Å². The second-order valence-electron chi connectivity index (χ2n) is 11.5. The van der Waals surface area contributed by atoms with E-state index < -0.39 is 6.29 Å². The number of aryl methyl sites for hydroxylation is 1. The van der Waals surface area contributed by atoms with Gasteiger partial charge >= 0.3 is 0 Å². The van der Waals surface area contributed by atoms with Crippen LogP contribution in [-0.2, 0) is 32.0 Å². The number of aromatic nitrogens is 2. The highest BCUT2D eigenvalue weighted by Gasteiger charge is 2.33. The molecule has 3 aromatic rings. The van der Waals surface area contributed by atoms with Gasteiger partial charge in [-0.15, -0.1) is 11.3 Å². The van der Waals surface area contributed by atoms with Crippen molar-refractivity contribution in [3.05, 3.63) is 63.9 Å². The van der Waals surface area contributed by atoms with E-state index in [4.69, 9.17) is 24.2 Å². The van der Waals surface area contributed by atoms with Gasteiger partial charge in [0, 0.05) is 22.9 Å². The molecule has 220 valence electrons. The molecule has 9 nitrogen and oxygen atoms in total. The summed E-state index contributed by atoms with van der Waals surface area (Å²) in [5.74, 6) is 1.12. The van der Waals surface area contributed by atoms with E-state index in [-0.39, 0.29) is 23.9 Å². The molecule has 1 unspecified atom stereocenters. The van der Waals surface area contributed by atoms with E-state index >= 15 is 0 Å². The summed E-state index contributed by atoms with van der Waals surface area (Å²) in [6.45, 7) is 9.18. The maximum absolute atomic E-state index is 13.2. The highest BCUT2D eigenvalue weighted by Crippen LogP contribution is 2.37. The third-order valence-corrected chi connectivity index (χ3v) is 8.66. The number of thiophene rings is 1. The summed E-state index contributed by atoms with van der Waals surface area (Å²) in [6.07, 6.45) is 1.08. The summed E-state index contributed by atoms with van der Waals surface area (Å²) < 4.78 is 17.6. The van der Waals surface area contributed by atoms with Gasteiger partial charge in [0.25, 0.3) is 0 Å². The second-order valence-corrected chi connectivity index (χ2v) is 12.6. The first kappa shape index (κ1) is 29.6. The first-order chi connectivity index (χ1) is 19.7. The van der Waals surface area contributed by atoms with Crippen molar-refractivity contribution in [2.75, 3.05) is 45.8 Å². The van der Waals surface area contributed by atoms with Crippen LogP contribution in [0.15, 0.2) is 36.4 Å². The van der Waals surface area contributed by atoms with Gasteiger partial charge in [0.2, 0.25) is 5.91 Å². The number of carbonyl (C=O) groups is 1. The molecule has 1 aromatic carbocycles. The van der Waals surface area contributed by atoms with Gasteiger partial charge in [-0.25, -0.2) is 9.97 Å². The number of nitrogens with one attached hydrogen (secondary N) is 2. The van der Waals surface area contributed by atoms with Crippen molar-refractivity contribution in [1.29, 1.82) is 0 Å². The molecule has 0 aliphatic carbocycles. The Morgan fingerprint density at radius 3 is 2.66 bits per heavy atom. The Labute approximate surface area is 246 Å². The highest BCUT2D eigenvalue weighted by atomic mass is 32.1. The predicted molar refractivity (Wildman–Crippen MR) is 161 cm³/mol. The van der Waals surface area contributed by atoms with Crippen LogP contribution in [0, 0.1) is 6.92 Å². The van der Waals surface area contributed by atoms with Crippen LogP contribution in [0.1, 0.15) is 66.5 Å². The third-order valence-electron chi connectivity index (χ3n) is 7.36. The zero-order valence-corrected chi connectivity index (χ0v) is 25.5. The van der Waals surface area contributed by atoms with Gasteiger partial charge in [-0.2, -0.15) is 0 Å². The Balaban J connectivity index is 1.41. The minimum Gasteiger partial charge on any atom is -0.379 e. The van der Waals surface area contributed by atoms with E-state index in [9.17, 15) is 4.79 Å². The predicted octanol–water partition coefficient (Wildman–Crippen LogP) is 5.02. The maximum Gasteiger partial charge on any atom is 0.226 e. The average molecular weight is 580 g/mol. The average Bonchev–Trinajstić information content (AvgIpc) is 3.58. The van der Waals surface area contributed by atoms with Crippen LogP contribution in [0.4, 0.5) is 5.82 Å². The summed E-state index contributed by atoms with van der Waals surface area (Å²) in [5.41, 5.74) is 3.49. The van der Waals surface area contributed by atoms with Crippen molar-refractivity contribution >= 4 is 23.1 Å². The molecule has 4 heterocycles. The summed E-state index contributed by atoms with van der Waals surface area (Å²) in [5, 5.41) is 6.76. The van der Waals surface area contributed by atoms with E-state index in [0.29, 0.717) is 49.3 Å². The van der Waals surface area contributed by atoms with E-state index in [0.717, 1.165) is 19.4 Å². The molecular weight excluding hydrogens is 538 g/mol. The number of benzene rings is 1. The SMILES string of the molecule is Cc1nc(CC(=O)NC2(C)CCOC2)c(C2OCCCO2)c(N[C@H](C)c2ccc(-c3ccccc3CN(C)C)s2)n1. The molecule has 0 bridgehead atoms. The lowest BCUT2D eigenvalue weighted by Crippen LogP contribution is -2.47. The lowest BCUT2D eigenvalue weighted by molar-refractivity contribution is -0.183. The van der Waals surface area contributed by atoms with Crippen molar-refractivity contribution in [3.8, 4) is 10.4 Å². The van der Waals surface area contributed by atoms with Gasteiger partial charge in [0.05, 0.1) is 49.1 Å². The largest absolute Gasteiger partial charge is 0.379 e. The van der Waals surface area contributed by atoms with Crippen LogP contribution in [-0.4, -0.2) is 66.8 Å². The Morgan fingerprint density at radius 1 is 1.15 bits per heavy atom. The number of carbonyl (C=O) groups excluding carboxylic acids is 1. The Hall–Kier alpha value is -2.89. The van der Waals surface area contributed by atoms with Gasteiger partial charge in [-0.3, -0.25) is 4.79 Å². The second kappa shape index (κ2) is 13.0. The fraction of sp³-hybridized carbons (Fsp3) is 0.516. The molecule has 2 N–H and O–H groups in total. The van der Waals surface area contributed by atoms with Crippen molar-refractivity contribution in [2.24, 2.45) is 0 Å². The van der Waals surface area contributed by atoms with Crippen molar-refractivity contribution in [1.82, 2.24) is 20.2 Å². The lowest BCUT2D eigenvalue weighted by Gasteiger charge is -2.28. The zero-order chi connectivity index (χ0) is 29.0. The van der Waals surface area contributed by atoms with E-state index in [1.54, 1.807) is 11.3 Å². The normalized spacial score (nSPS) is 20.3. The number of hydrogen-bond donors (Lipinski definition) is 2. The number of amides is 1. The minimum absolute atomic E-state index is 0.0392. The molecule has 2 aliphatic rings. The minimum atomic E-state index is -0.635. The number of nitrogens with zero attached hydrogens (tertiary/aromatic N) is 3. The molecule has 2 aromatic heterocycles. The van der Waals surface area contributed by atoms with E-state index in [1.165, 1.54) is 20.9 Å². The van der Waals surface area contributed by atoms with Gasteiger partial charge in [-0.1, -0.05) is 24.3 Å². The van der Waals surface area contributed by atoms with Gasteiger partial charge in [-0.05, 0) is 71.0 Å². The first-order valence-electron chi connectivity index (χ1n) is 14.3. The summed E-state index contributed by atoms with van der Waals surface area (Å²) in [6, 6.07) is 12.9. The van der Waals surface area contributed by atoms with E-state index in [2.05, 4.69) is 73.0 Å². The molecule has 1 amide bonds. The van der Waals surface area contributed by atoms with Gasteiger partial charge in [0.1, 0.15) is 11.6 Å². The Kier molecular flexibility index (Phi) is 9.35. The fourth-order valence-corrected chi connectivity index (χ4v) is 6.40. The van der Waals surface area contributed by atoms with E-state index in [1.807, 2.05) is 13.8 Å². The monoisotopic (exact) mass is 579 g/mol. The molecule has 10 heteroatoms. The van der Waals surface area contributed by atoms with Crippen molar-refractivity contribution < 1.29 is 19.0 Å². The van der Waals surface area contributed by atoms with Crippen molar-refractivity contribution in [3.63, 3.8) is 0 Å². The van der Waals surface area contributed by atoms with Crippen LogP contribution < -0.4 is 10.6 Å². The molecule has 2 aliphatic heterocycles.